The summed E-state index contributed by atoms with van der Waals surface area (Å²) in [5.41, 5.74) is 0. The molecule has 5 heavy (non-hydrogen) atoms. The summed E-state index contributed by atoms with van der Waals surface area (Å²) in [5.74, 6) is 0. The molecule has 0 unspecified atom stereocenters. The van der Waals surface area contributed by atoms with Crippen LogP contribution in [0.15, 0.2) is 0 Å². The zero-order valence-corrected chi connectivity index (χ0v) is 10.3. The third-order valence-corrected chi connectivity index (χ3v) is 0. The quantitative estimate of drug-likeness (QED) is 0.427. The Morgan fingerprint density at radius 1 is 1.60 bits per heavy atom. The molecule has 0 rings (SSSR count). The monoisotopic (exact) mass is 422 g/mol. The molecule has 4 heteroatoms. The van der Waals surface area contributed by atoms with Gasteiger partial charge in [-0.2, -0.15) is 0 Å². The molecule has 0 spiro atoms. The predicted molar refractivity (Wildman–Crippen MR) is 47.2 cm³/mol. The van der Waals surface area contributed by atoms with Crippen LogP contribution in [0.5, 0.6) is 0 Å². The van der Waals surface area contributed by atoms with Gasteiger partial charge in [0.05, 0.1) is 0 Å². The Morgan fingerprint density at radius 2 is 1.60 bits per heavy atom. The van der Waals surface area contributed by atoms with Gasteiger partial charge in [0.15, 0.2) is 0 Å². The normalized spacial score (nSPS) is 11.8. The minimum absolute atomic E-state index is 1.58. The van der Waals surface area contributed by atoms with E-state index in [4.69, 9.17) is 9.19 Å². The van der Waals surface area contributed by atoms with Gasteiger partial charge in [-0.1, -0.05) is 0 Å². The van der Waals surface area contributed by atoms with Gasteiger partial charge >= 0.3 is 59.9 Å². The first-order valence-corrected chi connectivity index (χ1v) is 21.9. The summed E-state index contributed by atoms with van der Waals surface area (Å²) in [6.07, 6.45) is 0. The fraction of sp³-hybridized carbons (Fsp3) is 1.00. The van der Waals surface area contributed by atoms with Crippen molar-refractivity contribution < 1.29 is 0 Å². The van der Waals surface area contributed by atoms with E-state index < -0.39 is 8.80 Å². The zero-order chi connectivity index (χ0) is 4.50. The molecule has 0 heterocycles. The minimum atomic E-state index is -1.58. The molecule has 0 bridgehead atoms. The van der Waals surface area contributed by atoms with Gasteiger partial charge in [-0.3, -0.25) is 0 Å². The molecule has 0 amide bonds. The third-order valence-electron chi connectivity index (χ3n) is 0. The van der Waals surface area contributed by atoms with Gasteiger partial charge in [0.1, 0.15) is 0 Å². The second-order valence-electron chi connectivity index (χ2n) is 0.723. The van der Waals surface area contributed by atoms with Crippen LogP contribution < -0.4 is 0 Å². The van der Waals surface area contributed by atoms with Crippen LogP contribution in [0.25, 0.3) is 0 Å². The predicted octanol–water partition coefficient (Wildman–Crippen LogP) is 2.62. The zero-order valence-electron chi connectivity index (χ0n) is 2.61. The van der Waals surface area contributed by atoms with E-state index in [1.54, 1.807) is 0 Å². The molecule has 0 aliphatic rings. The topological polar surface area (TPSA) is 0 Å². The standard InChI is InChI=1S/CH3.2HI.S.Sb/h1H3;2*1H;;/q;;;;+2/p-2. The van der Waals surface area contributed by atoms with Crippen LogP contribution in [0.2, 0.25) is 4.87 Å². The second-order valence-corrected chi connectivity index (χ2v) is 56.8. The van der Waals surface area contributed by atoms with E-state index in [1.807, 2.05) is 0 Å². The van der Waals surface area contributed by atoms with E-state index in [-0.39, 0.29) is 0 Å². The molecular weight excluding hydrogens is 420 g/mol. The van der Waals surface area contributed by atoms with Crippen LogP contribution in [-0.4, -0.2) is 8.80 Å². The summed E-state index contributed by atoms with van der Waals surface area (Å²) < 4.78 is 0. The van der Waals surface area contributed by atoms with Crippen LogP contribution in [0.4, 0.5) is 0 Å². The molecule has 32 valence electrons. The maximum absolute atomic E-state index is 5.00. The van der Waals surface area contributed by atoms with Gasteiger partial charge in [-0.25, -0.2) is 0 Å². The second kappa shape index (κ2) is 2.72. The molecule has 0 radical (unpaired) electrons. The van der Waals surface area contributed by atoms with Crippen molar-refractivity contribution >= 4 is 55.0 Å². The van der Waals surface area contributed by atoms with E-state index in [2.05, 4.69) is 41.9 Å². The molecule has 0 aliphatic carbocycles. The maximum atomic E-state index is 5.00. The number of hydrogen-bond donors (Lipinski definition) is 0. The van der Waals surface area contributed by atoms with E-state index in [0.717, 1.165) is 0 Å². The average Bonchev–Trinajstić information content (AvgIpc) is 0.722. The van der Waals surface area contributed by atoms with Crippen molar-refractivity contribution in [2.24, 2.45) is 0 Å². The van der Waals surface area contributed by atoms with Crippen molar-refractivity contribution in [1.29, 1.82) is 0 Å². The number of halogens is 2. The molecule has 0 saturated carbocycles. The first-order valence-electron chi connectivity index (χ1n) is 0.968. The van der Waals surface area contributed by atoms with Crippen LogP contribution in [-0.2, 0) is 0 Å². The Morgan fingerprint density at radius 3 is 1.60 bits per heavy atom. The fourth-order valence-electron chi connectivity index (χ4n) is 0. The Bertz CT molecular complexity index is 55.8. The molecule has 0 fully saturated rings. The van der Waals surface area contributed by atoms with E-state index in [1.165, 1.54) is 0 Å². The Hall–Kier alpha value is 2.50. The van der Waals surface area contributed by atoms with Gasteiger partial charge in [0.2, 0.25) is 0 Å². The van der Waals surface area contributed by atoms with Gasteiger partial charge in [0, 0.05) is 0 Å². The van der Waals surface area contributed by atoms with Crippen molar-refractivity contribution in [3.63, 3.8) is 0 Å². The molecule has 0 aromatic carbocycles. The van der Waals surface area contributed by atoms with Gasteiger partial charge in [-0.15, -0.1) is 0 Å². The molecule has 0 aliphatic heterocycles. The van der Waals surface area contributed by atoms with Gasteiger partial charge in [0.25, 0.3) is 0 Å². The van der Waals surface area contributed by atoms with E-state index >= 15 is 0 Å². The summed E-state index contributed by atoms with van der Waals surface area (Å²) in [7, 11) is 3.42. The van der Waals surface area contributed by atoms with E-state index in [9.17, 15) is 0 Å². The van der Waals surface area contributed by atoms with Crippen LogP contribution in [0.1, 0.15) is 0 Å². The first-order chi connectivity index (χ1) is 2.00. The summed E-state index contributed by atoms with van der Waals surface area (Å²) in [6.45, 7) is 0. The van der Waals surface area contributed by atoms with Crippen LogP contribution >= 0.6 is 46.2 Å². The number of rotatable bonds is 0. The van der Waals surface area contributed by atoms with Gasteiger partial charge < -0.3 is 0 Å². The summed E-state index contributed by atoms with van der Waals surface area (Å²) >= 11 is 4.76. The summed E-state index contributed by atoms with van der Waals surface area (Å²) in [5, 5.41) is 0. The molecule has 0 atom stereocenters. The van der Waals surface area contributed by atoms with Crippen molar-refractivity contribution in [2.45, 2.75) is 4.87 Å². The van der Waals surface area contributed by atoms with Crippen molar-refractivity contribution in [3.8, 4) is 0 Å². The van der Waals surface area contributed by atoms with Crippen molar-refractivity contribution in [3.05, 3.63) is 0 Å². The third kappa shape index (κ3) is 21.1. The molecule has 0 aromatic rings. The SMILES string of the molecule is [CH3][Sb](=[S])([I])[I]. The van der Waals surface area contributed by atoms with Crippen molar-refractivity contribution in [1.82, 2.24) is 0 Å². The van der Waals surface area contributed by atoms with Crippen LogP contribution in [0.3, 0.4) is 0 Å². The van der Waals surface area contributed by atoms with Crippen LogP contribution in [0, 0.1) is 0 Å². The molecule has 0 N–H and O–H groups in total. The Kier molecular flexibility index (Phi) is 4.08. The first kappa shape index (κ1) is 7.50. The molecular formula is CH3I2SSb. The van der Waals surface area contributed by atoms with Crippen molar-refractivity contribution in [2.75, 3.05) is 0 Å². The van der Waals surface area contributed by atoms with Gasteiger partial charge in [-0.05, 0) is 0 Å². The number of hydrogen-bond acceptors (Lipinski definition) is 1. The summed E-state index contributed by atoms with van der Waals surface area (Å²) in [6, 6.07) is 0. The fourth-order valence-corrected chi connectivity index (χ4v) is 0. The molecule has 0 aromatic heterocycles. The Balaban J connectivity index is 3.47. The van der Waals surface area contributed by atoms with E-state index in [0.29, 0.717) is 0 Å². The Labute approximate surface area is 58.4 Å². The molecule has 0 saturated heterocycles. The molecule has 0 nitrogen and oxygen atoms in total. The summed E-state index contributed by atoms with van der Waals surface area (Å²) in [4.78, 5) is 2.18. The average molecular weight is 423 g/mol.